The SMILES string of the molecule is O=C(Nc1cccc(CNC2=NCCCN2)c1)C1CCCO1. The van der Waals surface area contributed by atoms with Crippen molar-refractivity contribution in [1.82, 2.24) is 10.6 Å². The Kier molecular flexibility index (Phi) is 4.90. The van der Waals surface area contributed by atoms with E-state index in [1.54, 1.807) is 0 Å². The average Bonchev–Trinajstić information content (AvgIpc) is 3.09. The maximum absolute atomic E-state index is 12.1. The summed E-state index contributed by atoms with van der Waals surface area (Å²) in [6, 6.07) is 7.84. The van der Waals surface area contributed by atoms with Gasteiger partial charge in [-0.2, -0.15) is 0 Å². The minimum atomic E-state index is -0.303. The molecular weight excluding hydrogens is 280 g/mol. The highest BCUT2D eigenvalue weighted by atomic mass is 16.5. The van der Waals surface area contributed by atoms with Gasteiger partial charge in [0.25, 0.3) is 5.91 Å². The van der Waals surface area contributed by atoms with Gasteiger partial charge in [0.2, 0.25) is 0 Å². The van der Waals surface area contributed by atoms with Crippen LogP contribution >= 0.6 is 0 Å². The zero-order valence-corrected chi connectivity index (χ0v) is 12.6. The number of guanidine groups is 1. The Hall–Kier alpha value is -2.08. The Morgan fingerprint density at radius 1 is 1.41 bits per heavy atom. The molecule has 1 saturated heterocycles. The first-order valence-corrected chi connectivity index (χ1v) is 7.85. The number of amides is 1. The van der Waals surface area contributed by atoms with E-state index in [1.165, 1.54) is 0 Å². The Balaban J connectivity index is 1.55. The van der Waals surface area contributed by atoms with Crippen molar-refractivity contribution >= 4 is 17.6 Å². The number of hydrogen-bond donors (Lipinski definition) is 3. The van der Waals surface area contributed by atoms with Crippen LogP contribution in [0.1, 0.15) is 24.8 Å². The maximum Gasteiger partial charge on any atom is 0.253 e. The van der Waals surface area contributed by atoms with Crippen molar-refractivity contribution in [2.24, 2.45) is 4.99 Å². The lowest BCUT2D eigenvalue weighted by Gasteiger charge is -2.16. The molecule has 2 heterocycles. The minimum Gasteiger partial charge on any atom is -0.368 e. The first-order valence-electron chi connectivity index (χ1n) is 7.85. The Labute approximate surface area is 130 Å². The van der Waals surface area contributed by atoms with Crippen LogP contribution in [0.15, 0.2) is 29.3 Å². The molecule has 1 amide bonds. The summed E-state index contributed by atoms with van der Waals surface area (Å²) in [7, 11) is 0. The molecule has 1 atom stereocenters. The van der Waals surface area contributed by atoms with Gasteiger partial charge in [-0.15, -0.1) is 0 Å². The van der Waals surface area contributed by atoms with Crippen molar-refractivity contribution in [2.45, 2.75) is 31.9 Å². The van der Waals surface area contributed by atoms with Crippen molar-refractivity contribution in [3.63, 3.8) is 0 Å². The van der Waals surface area contributed by atoms with Crippen molar-refractivity contribution in [3.05, 3.63) is 29.8 Å². The largest absolute Gasteiger partial charge is 0.368 e. The van der Waals surface area contributed by atoms with Crippen LogP contribution in [-0.4, -0.2) is 37.7 Å². The summed E-state index contributed by atoms with van der Waals surface area (Å²) in [6.45, 7) is 3.18. The Bertz CT molecular complexity index is 553. The fourth-order valence-corrected chi connectivity index (χ4v) is 2.60. The summed E-state index contributed by atoms with van der Waals surface area (Å²) < 4.78 is 5.40. The molecule has 1 fully saturated rings. The minimum absolute atomic E-state index is 0.0547. The van der Waals surface area contributed by atoms with E-state index >= 15 is 0 Å². The van der Waals surface area contributed by atoms with Crippen molar-refractivity contribution in [3.8, 4) is 0 Å². The fourth-order valence-electron chi connectivity index (χ4n) is 2.60. The highest BCUT2D eigenvalue weighted by molar-refractivity contribution is 5.94. The molecule has 0 radical (unpaired) electrons. The number of nitrogens with zero attached hydrogens (tertiary/aromatic N) is 1. The standard InChI is InChI=1S/C16H22N4O2/c21-15(14-6-2-9-22-14)20-13-5-1-4-12(10-13)11-19-16-17-7-3-8-18-16/h1,4-5,10,14H,2-3,6-9,11H2,(H,20,21)(H2,17,18,19). The van der Waals surface area contributed by atoms with Crippen LogP contribution < -0.4 is 16.0 Å². The molecule has 1 aromatic carbocycles. The van der Waals surface area contributed by atoms with Gasteiger partial charge in [-0.3, -0.25) is 9.79 Å². The topological polar surface area (TPSA) is 74.8 Å². The van der Waals surface area contributed by atoms with Crippen molar-refractivity contribution in [2.75, 3.05) is 25.0 Å². The van der Waals surface area contributed by atoms with Gasteiger partial charge in [0.05, 0.1) is 0 Å². The number of rotatable bonds is 4. The number of carbonyl (C=O) groups excluding carboxylic acids is 1. The summed E-state index contributed by atoms with van der Waals surface area (Å²) >= 11 is 0. The van der Waals surface area contributed by atoms with Gasteiger partial charge >= 0.3 is 0 Å². The normalized spacial score (nSPS) is 20.9. The molecular formula is C16H22N4O2. The molecule has 0 aromatic heterocycles. The summed E-state index contributed by atoms with van der Waals surface area (Å²) in [6.07, 6.45) is 2.54. The second-order valence-corrected chi connectivity index (χ2v) is 5.56. The van der Waals surface area contributed by atoms with E-state index in [4.69, 9.17) is 4.74 Å². The highest BCUT2D eigenvalue weighted by Gasteiger charge is 2.23. The van der Waals surface area contributed by atoms with Gasteiger partial charge in [0.15, 0.2) is 5.96 Å². The molecule has 1 aromatic rings. The van der Waals surface area contributed by atoms with Crippen LogP contribution in [0, 0.1) is 0 Å². The monoisotopic (exact) mass is 302 g/mol. The molecule has 6 heteroatoms. The second-order valence-electron chi connectivity index (χ2n) is 5.56. The predicted molar refractivity (Wildman–Crippen MR) is 85.8 cm³/mol. The summed E-state index contributed by atoms with van der Waals surface area (Å²) in [5.41, 5.74) is 1.90. The van der Waals surface area contributed by atoms with Gasteiger partial charge in [0.1, 0.15) is 6.10 Å². The molecule has 118 valence electrons. The average molecular weight is 302 g/mol. The number of carbonyl (C=O) groups is 1. The third-order valence-corrected chi connectivity index (χ3v) is 3.77. The Morgan fingerprint density at radius 2 is 2.36 bits per heavy atom. The molecule has 2 aliphatic heterocycles. The molecule has 22 heavy (non-hydrogen) atoms. The molecule has 2 aliphatic rings. The number of hydrogen-bond acceptors (Lipinski definition) is 5. The third kappa shape index (κ3) is 3.98. The predicted octanol–water partition coefficient (Wildman–Crippen LogP) is 1.24. The van der Waals surface area contributed by atoms with Crippen LogP contribution in [0.2, 0.25) is 0 Å². The van der Waals surface area contributed by atoms with E-state index in [0.29, 0.717) is 13.2 Å². The van der Waals surface area contributed by atoms with Gasteiger partial charge in [-0.05, 0) is 37.0 Å². The molecule has 0 bridgehead atoms. The lowest BCUT2D eigenvalue weighted by atomic mass is 10.2. The zero-order chi connectivity index (χ0) is 15.2. The van der Waals surface area contributed by atoms with Crippen LogP contribution in [0.3, 0.4) is 0 Å². The van der Waals surface area contributed by atoms with E-state index in [-0.39, 0.29) is 12.0 Å². The maximum atomic E-state index is 12.1. The molecule has 0 aliphatic carbocycles. The van der Waals surface area contributed by atoms with Crippen LogP contribution in [0.5, 0.6) is 0 Å². The van der Waals surface area contributed by atoms with E-state index in [1.807, 2.05) is 24.3 Å². The summed E-state index contributed by atoms with van der Waals surface area (Å²) in [5.74, 6) is 0.793. The van der Waals surface area contributed by atoms with E-state index < -0.39 is 0 Å². The van der Waals surface area contributed by atoms with Crippen LogP contribution in [-0.2, 0) is 16.1 Å². The lowest BCUT2D eigenvalue weighted by molar-refractivity contribution is -0.124. The van der Waals surface area contributed by atoms with Gasteiger partial charge in [-0.25, -0.2) is 0 Å². The number of anilines is 1. The highest BCUT2D eigenvalue weighted by Crippen LogP contribution is 2.16. The number of ether oxygens (including phenoxy) is 1. The summed E-state index contributed by atoms with van der Waals surface area (Å²) in [4.78, 5) is 16.4. The lowest BCUT2D eigenvalue weighted by Crippen LogP contribution is -2.40. The Morgan fingerprint density at radius 3 is 3.14 bits per heavy atom. The van der Waals surface area contributed by atoms with Gasteiger partial charge < -0.3 is 20.7 Å². The second kappa shape index (κ2) is 7.26. The first kappa shape index (κ1) is 14.8. The van der Waals surface area contributed by atoms with E-state index in [0.717, 1.165) is 49.6 Å². The molecule has 0 saturated carbocycles. The van der Waals surface area contributed by atoms with Crippen LogP contribution in [0.25, 0.3) is 0 Å². The molecule has 6 nitrogen and oxygen atoms in total. The number of aliphatic imine (C=N–C) groups is 1. The van der Waals surface area contributed by atoms with Crippen molar-refractivity contribution < 1.29 is 9.53 Å². The molecule has 0 spiro atoms. The van der Waals surface area contributed by atoms with Crippen molar-refractivity contribution in [1.29, 1.82) is 0 Å². The zero-order valence-electron chi connectivity index (χ0n) is 12.6. The fraction of sp³-hybridized carbons (Fsp3) is 0.500. The van der Waals surface area contributed by atoms with Crippen LogP contribution in [0.4, 0.5) is 5.69 Å². The summed E-state index contributed by atoms with van der Waals surface area (Å²) in [5, 5.41) is 9.43. The smallest absolute Gasteiger partial charge is 0.253 e. The number of nitrogens with one attached hydrogen (secondary N) is 3. The first-order chi connectivity index (χ1) is 10.8. The van der Waals surface area contributed by atoms with E-state index in [2.05, 4.69) is 20.9 Å². The van der Waals surface area contributed by atoms with Gasteiger partial charge in [0, 0.05) is 31.9 Å². The molecule has 3 rings (SSSR count). The molecule has 3 N–H and O–H groups in total. The quantitative estimate of drug-likeness (QED) is 0.782. The van der Waals surface area contributed by atoms with E-state index in [9.17, 15) is 4.79 Å². The van der Waals surface area contributed by atoms with Gasteiger partial charge in [-0.1, -0.05) is 12.1 Å². The molecule has 1 unspecified atom stereocenters. The third-order valence-electron chi connectivity index (χ3n) is 3.77. The number of benzene rings is 1.